The van der Waals surface area contributed by atoms with Crippen LogP contribution in [0.25, 0.3) is 23.1 Å². The number of carbonyl (C=O) groups excluding carboxylic acids is 2. The molecule has 0 aliphatic carbocycles. The lowest BCUT2D eigenvalue weighted by Gasteiger charge is -2.08. The van der Waals surface area contributed by atoms with Crippen LogP contribution in [0.5, 0.6) is 0 Å². The first kappa shape index (κ1) is 22.9. The predicted molar refractivity (Wildman–Crippen MR) is 140 cm³/mol. The van der Waals surface area contributed by atoms with E-state index in [-0.39, 0.29) is 11.7 Å². The van der Waals surface area contributed by atoms with E-state index >= 15 is 0 Å². The van der Waals surface area contributed by atoms with Crippen LogP contribution in [0.4, 0.5) is 5.69 Å². The molecular formula is C28H24N6O2. The van der Waals surface area contributed by atoms with Crippen LogP contribution < -0.4 is 5.32 Å². The molecule has 3 aromatic heterocycles. The lowest BCUT2D eigenvalue weighted by atomic mass is 10.0. The number of benzene rings is 2. The number of fused-ring (bicyclic) bond motifs is 1. The Hall–Kier alpha value is -4.85. The molecule has 8 nitrogen and oxygen atoms in total. The van der Waals surface area contributed by atoms with Gasteiger partial charge in [0, 0.05) is 46.8 Å². The number of rotatable bonds is 7. The zero-order valence-corrected chi connectivity index (χ0v) is 19.9. The second kappa shape index (κ2) is 9.79. The Labute approximate surface area is 207 Å². The summed E-state index contributed by atoms with van der Waals surface area (Å²) < 4.78 is 1.75. The first-order chi connectivity index (χ1) is 17.5. The summed E-state index contributed by atoms with van der Waals surface area (Å²) in [5.41, 5.74) is 4.84. The Morgan fingerprint density at radius 1 is 1.03 bits per heavy atom. The van der Waals surface area contributed by atoms with E-state index < -0.39 is 0 Å². The molecule has 2 aromatic carbocycles. The van der Waals surface area contributed by atoms with Crippen molar-refractivity contribution in [1.29, 1.82) is 0 Å². The van der Waals surface area contributed by atoms with Crippen molar-refractivity contribution in [1.82, 2.24) is 24.7 Å². The summed E-state index contributed by atoms with van der Waals surface area (Å²) in [4.78, 5) is 34.4. The number of imidazole rings is 1. The molecule has 0 spiro atoms. The third kappa shape index (κ3) is 4.69. The van der Waals surface area contributed by atoms with Crippen LogP contribution in [0.1, 0.15) is 50.5 Å². The molecule has 8 heteroatoms. The third-order valence-corrected chi connectivity index (χ3v) is 5.82. The molecule has 1 amide bonds. The molecule has 2 N–H and O–H groups in total. The topological polar surface area (TPSA) is 106 Å². The summed E-state index contributed by atoms with van der Waals surface area (Å²) >= 11 is 0. The Morgan fingerprint density at radius 2 is 1.86 bits per heavy atom. The highest BCUT2D eigenvalue weighted by Gasteiger charge is 2.15. The van der Waals surface area contributed by atoms with E-state index in [1.807, 2.05) is 50.3 Å². The van der Waals surface area contributed by atoms with Crippen LogP contribution in [0.3, 0.4) is 0 Å². The van der Waals surface area contributed by atoms with Crippen LogP contribution in [0.15, 0.2) is 73.1 Å². The molecular weight excluding hydrogens is 452 g/mol. The maximum Gasteiger partial charge on any atom is 0.291 e. The summed E-state index contributed by atoms with van der Waals surface area (Å²) in [6.07, 6.45) is 7.15. The van der Waals surface area contributed by atoms with Crippen LogP contribution in [0, 0.1) is 6.92 Å². The van der Waals surface area contributed by atoms with E-state index in [0.717, 1.165) is 28.0 Å². The number of aromatic amines is 1. The summed E-state index contributed by atoms with van der Waals surface area (Å²) in [6, 6.07) is 18.2. The van der Waals surface area contributed by atoms with Gasteiger partial charge in [-0.15, -0.1) is 0 Å². The summed E-state index contributed by atoms with van der Waals surface area (Å²) in [5.74, 6) is -0.160. The molecule has 0 aliphatic heterocycles. The van der Waals surface area contributed by atoms with E-state index in [9.17, 15) is 9.59 Å². The van der Waals surface area contributed by atoms with Gasteiger partial charge in [0.25, 0.3) is 5.91 Å². The standard InChI is InChI=1S/C28H24N6O2/c1-3-34-15-14-29-27(34)28(36)31-22-9-5-7-19(16-22)26(35)20-10-12-23-24(32-33-25(23)17-20)13-11-21-8-4-6-18(2)30-21/h4-17H,3H2,1-2H3,(H,31,36)(H,32,33). The highest BCUT2D eigenvalue weighted by atomic mass is 16.2. The Bertz CT molecular complexity index is 1610. The molecule has 5 aromatic rings. The largest absolute Gasteiger partial charge is 0.327 e. The number of pyridine rings is 1. The predicted octanol–water partition coefficient (Wildman–Crippen LogP) is 5.14. The third-order valence-electron chi connectivity index (χ3n) is 5.82. The van der Waals surface area contributed by atoms with Gasteiger partial charge >= 0.3 is 0 Å². The number of aromatic nitrogens is 5. The van der Waals surface area contributed by atoms with Gasteiger partial charge in [0.05, 0.1) is 16.9 Å². The highest BCUT2D eigenvalue weighted by molar-refractivity contribution is 6.11. The minimum atomic E-state index is -0.327. The molecule has 5 rings (SSSR count). The minimum Gasteiger partial charge on any atom is -0.327 e. The van der Waals surface area contributed by atoms with E-state index in [1.165, 1.54) is 0 Å². The number of hydrogen-bond acceptors (Lipinski definition) is 5. The number of aryl methyl sites for hydroxylation is 2. The average molecular weight is 477 g/mol. The van der Waals surface area contributed by atoms with E-state index in [4.69, 9.17) is 0 Å². The van der Waals surface area contributed by atoms with Gasteiger partial charge in [-0.1, -0.05) is 24.3 Å². The van der Waals surface area contributed by atoms with Crippen LogP contribution in [0.2, 0.25) is 0 Å². The molecule has 3 heterocycles. The van der Waals surface area contributed by atoms with Crippen molar-refractivity contribution < 1.29 is 9.59 Å². The molecule has 0 fully saturated rings. The van der Waals surface area contributed by atoms with E-state index in [2.05, 4.69) is 25.5 Å². The average Bonchev–Trinajstić information content (AvgIpc) is 3.54. The molecule has 0 aliphatic rings. The van der Waals surface area contributed by atoms with Gasteiger partial charge in [-0.3, -0.25) is 19.7 Å². The van der Waals surface area contributed by atoms with Gasteiger partial charge < -0.3 is 9.88 Å². The zero-order valence-electron chi connectivity index (χ0n) is 19.9. The molecule has 0 saturated heterocycles. The van der Waals surface area contributed by atoms with Crippen molar-refractivity contribution >= 4 is 40.4 Å². The van der Waals surface area contributed by atoms with Crippen LogP contribution in [-0.2, 0) is 6.54 Å². The van der Waals surface area contributed by atoms with Crippen molar-refractivity contribution in [3.05, 3.63) is 107 Å². The fourth-order valence-electron chi connectivity index (χ4n) is 4.00. The Kier molecular flexibility index (Phi) is 6.23. The van der Waals surface area contributed by atoms with Gasteiger partial charge in [-0.25, -0.2) is 4.98 Å². The molecule has 0 unspecified atom stereocenters. The maximum atomic E-state index is 13.2. The molecule has 0 atom stereocenters. The fourth-order valence-corrected chi connectivity index (χ4v) is 4.00. The normalized spacial score (nSPS) is 11.3. The van der Waals surface area contributed by atoms with Gasteiger partial charge in [0.15, 0.2) is 11.6 Å². The summed E-state index contributed by atoms with van der Waals surface area (Å²) in [6.45, 7) is 4.53. The smallest absolute Gasteiger partial charge is 0.291 e. The monoisotopic (exact) mass is 476 g/mol. The second-order valence-electron chi connectivity index (χ2n) is 8.31. The van der Waals surface area contributed by atoms with Crippen molar-refractivity contribution in [2.75, 3.05) is 5.32 Å². The molecule has 0 bridgehead atoms. The Balaban J connectivity index is 1.35. The summed E-state index contributed by atoms with van der Waals surface area (Å²) in [7, 11) is 0. The van der Waals surface area contributed by atoms with Crippen molar-refractivity contribution in [2.24, 2.45) is 0 Å². The number of carbonyl (C=O) groups is 2. The maximum absolute atomic E-state index is 13.2. The highest BCUT2D eigenvalue weighted by Crippen LogP contribution is 2.22. The number of nitrogens with one attached hydrogen (secondary N) is 2. The fraction of sp³-hybridized carbons (Fsp3) is 0.107. The number of ketones is 1. The zero-order chi connectivity index (χ0) is 25.1. The Morgan fingerprint density at radius 3 is 2.69 bits per heavy atom. The number of anilines is 1. The first-order valence-corrected chi connectivity index (χ1v) is 11.6. The number of nitrogens with zero attached hydrogens (tertiary/aromatic N) is 4. The van der Waals surface area contributed by atoms with Gasteiger partial charge in [-0.2, -0.15) is 5.10 Å². The van der Waals surface area contributed by atoms with Crippen molar-refractivity contribution in [3.63, 3.8) is 0 Å². The molecule has 36 heavy (non-hydrogen) atoms. The van der Waals surface area contributed by atoms with Crippen molar-refractivity contribution in [2.45, 2.75) is 20.4 Å². The first-order valence-electron chi connectivity index (χ1n) is 11.6. The van der Waals surface area contributed by atoms with Crippen LogP contribution >= 0.6 is 0 Å². The van der Waals surface area contributed by atoms with E-state index in [1.54, 1.807) is 53.4 Å². The van der Waals surface area contributed by atoms with E-state index in [0.29, 0.717) is 29.2 Å². The van der Waals surface area contributed by atoms with Crippen LogP contribution in [-0.4, -0.2) is 36.4 Å². The SMILES string of the molecule is CCn1ccnc1C(=O)Nc1cccc(C(=O)c2ccc3c(C=Cc4cccc(C)n4)n[nH]c3c2)c1. The summed E-state index contributed by atoms with van der Waals surface area (Å²) in [5, 5.41) is 11.1. The lowest BCUT2D eigenvalue weighted by molar-refractivity contribution is 0.101. The van der Waals surface area contributed by atoms with Gasteiger partial charge in [0.2, 0.25) is 0 Å². The number of H-pyrrole nitrogens is 1. The quantitative estimate of drug-likeness (QED) is 0.317. The molecule has 178 valence electrons. The second-order valence-corrected chi connectivity index (χ2v) is 8.31. The van der Waals surface area contributed by atoms with Crippen molar-refractivity contribution in [3.8, 4) is 0 Å². The number of amides is 1. The lowest BCUT2D eigenvalue weighted by Crippen LogP contribution is -2.18. The molecule has 0 saturated carbocycles. The minimum absolute atomic E-state index is 0.154. The number of hydrogen-bond donors (Lipinski definition) is 2. The van der Waals surface area contributed by atoms with Gasteiger partial charge in [0.1, 0.15) is 0 Å². The van der Waals surface area contributed by atoms with Gasteiger partial charge in [-0.05, 0) is 62.4 Å². The molecule has 0 radical (unpaired) electrons.